The van der Waals surface area contributed by atoms with Gasteiger partial charge in [0.25, 0.3) is 0 Å². The van der Waals surface area contributed by atoms with E-state index in [0.717, 1.165) is 24.5 Å². The lowest BCUT2D eigenvalue weighted by Crippen LogP contribution is -2.37. The quantitative estimate of drug-likeness (QED) is 0.635. The van der Waals surface area contributed by atoms with Crippen molar-refractivity contribution in [1.82, 2.24) is 15.2 Å². The van der Waals surface area contributed by atoms with Gasteiger partial charge in [0, 0.05) is 39.0 Å². The van der Waals surface area contributed by atoms with Gasteiger partial charge < -0.3 is 15.2 Å². The third-order valence-electron chi connectivity index (χ3n) is 2.76. The Hall–Kier alpha value is -1.01. The van der Waals surface area contributed by atoms with E-state index in [2.05, 4.69) is 15.2 Å². The van der Waals surface area contributed by atoms with Gasteiger partial charge in [0.15, 0.2) is 0 Å². The van der Waals surface area contributed by atoms with E-state index in [-0.39, 0.29) is 6.10 Å². The first-order valence-electron chi connectivity index (χ1n) is 6.60. The number of nitrogens with zero attached hydrogens (tertiary/aromatic N) is 2. The summed E-state index contributed by atoms with van der Waals surface area (Å²) in [5, 5.41) is 13.0. The molecular formula is C14H25N3O2. The van der Waals surface area contributed by atoms with Crippen LogP contribution in [0.4, 0.5) is 0 Å². The molecule has 1 atom stereocenters. The lowest BCUT2D eigenvalue weighted by atomic mass is 10.2. The number of nitrogens with one attached hydrogen (secondary N) is 1. The van der Waals surface area contributed by atoms with Crippen LogP contribution in [0.3, 0.4) is 0 Å². The summed E-state index contributed by atoms with van der Waals surface area (Å²) in [4.78, 5) is 6.53. The molecule has 0 aromatic carbocycles. The number of aromatic nitrogens is 1. The summed E-state index contributed by atoms with van der Waals surface area (Å²) in [7, 11) is 3.66. The minimum Gasteiger partial charge on any atom is -0.390 e. The molecule has 0 bridgehead atoms. The number of aliphatic hydroxyl groups is 1. The Bertz CT molecular complexity index is 360. The Labute approximate surface area is 115 Å². The summed E-state index contributed by atoms with van der Waals surface area (Å²) < 4.78 is 4.93. The van der Waals surface area contributed by atoms with E-state index in [0.29, 0.717) is 19.7 Å². The van der Waals surface area contributed by atoms with Crippen molar-refractivity contribution >= 4 is 0 Å². The van der Waals surface area contributed by atoms with Crippen molar-refractivity contribution in [2.45, 2.75) is 19.6 Å². The lowest BCUT2D eigenvalue weighted by molar-refractivity contribution is 0.117. The van der Waals surface area contributed by atoms with Gasteiger partial charge >= 0.3 is 0 Å². The molecule has 1 aromatic rings. The fraction of sp³-hybridized carbons (Fsp3) is 0.643. The number of hydrogen-bond acceptors (Lipinski definition) is 5. The van der Waals surface area contributed by atoms with E-state index < -0.39 is 0 Å². The highest BCUT2D eigenvalue weighted by Crippen LogP contribution is 2.02. The van der Waals surface area contributed by atoms with Crippen molar-refractivity contribution in [3.8, 4) is 0 Å². The number of ether oxygens (including phenoxy) is 1. The average Bonchev–Trinajstić information content (AvgIpc) is 2.34. The second kappa shape index (κ2) is 8.98. The first-order chi connectivity index (χ1) is 9.11. The molecule has 5 nitrogen and oxygen atoms in total. The highest BCUT2D eigenvalue weighted by molar-refractivity contribution is 5.09. The molecule has 1 aromatic heterocycles. The number of aryl methyl sites for hydroxylation is 1. The zero-order valence-electron chi connectivity index (χ0n) is 12.1. The van der Waals surface area contributed by atoms with Gasteiger partial charge in [-0.2, -0.15) is 0 Å². The first-order valence-corrected chi connectivity index (χ1v) is 6.60. The van der Waals surface area contributed by atoms with Gasteiger partial charge in [-0.1, -0.05) is 6.07 Å². The molecule has 5 heteroatoms. The molecule has 0 spiro atoms. The maximum absolute atomic E-state index is 9.89. The Morgan fingerprint density at radius 3 is 2.95 bits per heavy atom. The van der Waals surface area contributed by atoms with Gasteiger partial charge in [-0.05, 0) is 26.1 Å². The summed E-state index contributed by atoms with van der Waals surface area (Å²) in [6.45, 7) is 5.35. The van der Waals surface area contributed by atoms with E-state index in [4.69, 9.17) is 4.74 Å². The number of likely N-dealkylation sites (N-methyl/N-ethyl adjacent to an activating group) is 1. The minimum absolute atomic E-state index is 0.383. The van der Waals surface area contributed by atoms with Gasteiger partial charge in [0.2, 0.25) is 0 Å². The Balaban J connectivity index is 2.24. The standard InChI is InChI=1S/C14H25N3O2/c1-12-5-4-6-13(16-12)10-17(2)11-14(18)9-15-7-8-19-3/h4-6,14-15,18H,7-11H2,1-3H3. The van der Waals surface area contributed by atoms with E-state index in [1.807, 2.05) is 32.2 Å². The van der Waals surface area contributed by atoms with E-state index in [1.165, 1.54) is 0 Å². The van der Waals surface area contributed by atoms with Crippen molar-refractivity contribution < 1.29 is 9.84 Å². The van der Waals surface area contributed by atoms with Crippen LogP contribution in [-0.4, -0.2) is 61.5 Å². The van der Waals surface area contributed by atoms with Crippen LogP contribution in [0.5, 0.6) is 0 Å². The molecule has 1 rings (SSSR count). The molecule has 0 saturated heterocycles. The minimum atomic E-state index is -0.383. The molecule has 0 amide bonds. The molecular weight excluding hydrogens is 242 g/mol. The van der Waals surface area contributed by atoms with Crippen molar-refractivity contribution in [3.05, 3.63) is 29.6 Å². The first kappa shape index (κ1) is 16.0. The van der Waals surface area contributed by atoms with E-state index >= 15 is 0 Å². The summed E-state index contributed by atoms with van der Waals surface area (Å²) >= 11 is 0. The second-order valence-electron chi connectivity index (χ2n) is 4.82. The molecule has 0 aliphatic carbocycles. The number of aliphatic hydroxyl groups excluding tert-OH is 1. The van der Waals surface area contributed by atoms with Gasteiger partial charge in [-0.3, -0.25) is 9.88 Å². The molecule has 0 saturated carbocycles. The molecule has 0 radical (unpaired) electrons. The molecule has 2 N–H and O–H groups in total. The smallest absolute Gasteiger partial charge is 0.0791 e. The maximum atomic E-state index is 9.89. The topological polar surface area (TPSA) is 57.6 Å². The van der Waals surface area contributed by atoms with E-state index in [9.17, 15) is 5.11 Å². The molecule has 0 fully saturated rings. The number of pyridine rings is 1. The summed E-state index contributed by atoms with van der Waals surface area (Å²) in [6.07, 6.45) is -0.383. The molecule has 1 unspecified atom stereocenters. The Kier molecular flexibility index (Phi) is 7.59. The zero-order chi connectivity index (χ0) is 14.1. The zero-order valence-corrected chi connectivity index (χ0v) is 12.1. The predicted octanol–water partition coefficient (Wildman–Crippen LogP) is 0.419. The van der Waals surface area contributed by atoms with Gasteiger partial charge in [-0.15, -0.1) is 0 Å². The van der Waals surface area contributed by atoms with E-state index in [1.54, 1.807) is 7.11 Å². The lowest BCUT2D eigenvalue weighted by Gasteiger charge is -2.20. The summed E-state index contributed by atoms with van der Waals surface area (Å²) in [6, 6.07) is 6.00. The Morgan fingerprint density at radius 1 is 1.47 bits per heavy atom. The van der Waals surface area contributed by atoms with Crippen LogP contribution in [0.15, 0.2) is 18.2 Å². The van der Waals surface area contributed by atoms with Crippen LogP contribution in [0.2, 0.25) is 0 Å². The molecule has 0 aliphatic rings. The third kappa shape index (κ3) is 7.22. The Morgan fingerprint density at radius 2 is 2.26 bits per heavy atom. The highest BCUT2D eigenvalue weighted by atomic mass is 16.5. The average molecular weight is 267 g/mol. The van der Waals surface area contributed by atoms with Crippen LogP contribution in [0.25, 0.3) is 0 Å². The third-order valence-corrected chi connectivity index (χ3v) is 2.76. The van der Waals surface area contributed by atoms with Gasteiger partial charge in [0.05, 0.1) is 18.4 Å². The molecule has 0 aliphatic heterocycles. The van der Waals surface area contributed by atoms with Crippen molar-refractivity contribution in [3.63, 3.8) is 0 Å². The normalized spacial score (nSPS) is 12.9. The van der Waals surface area contributed by atoms with Crippen LogP contribution in [0, 0.1) is 6.92 Å². The molecule has 108 valence electrons. The fourth-order valence-corrected chi connectivity index (χ4v) is 1.90. The van der Waals surface area contributed by atoms with Crippen LogP contribution < -0.4 is 5.32 Å². The summed E-state index contributed by atoms with van der Waals surface area (Å²) in [5.41, 5.74) is 2.05. The maximum Gasteiger partial charge on any atom is 0.0791 e. The number of methoxy groups -OCH3 is 1. The fourth-order valence-electron chi connectivity index (χ4n) is 1.90. The largest absolute Gasteiger partial charge is 0.390 e. The predicted molar refractivity (Wildman–Crippen MR) is 76.1 cm³/mol. The highest BCUT2D eigenvalue weighted by Gasteiger charge is 2.08. The van der Waals surface area contributed by atoms with Gasteiger partial charge in [-0.25, -0.2) is 0 Å². The second-order valence-corrected chi connectivity index (χ2v) is 4.82. The van der Waals surface area contributed by atoms with Crippen LogP contribution in [-0.2, 0) is 11.3 Å². The number of rotatable bonds is 9. The molecule has 19 heavy (non-hydrogen) atoms. The molecule has 1 heterocycles. The van der Waals surface area contributed by atoms with Crippen molar-refractivity contribution in [2.75, 3.05) is 40.4 Å². The van der Waals surface area contributed by atoms with Crippen LogP contribution >= 0.6 is 0 Å². The monoisotopic (exact) mass is 267 g/mol. The number of hydrogen-bond donors (Lipinski definition) is 2. The van der Waals surface area contributed by atoms with Gasteiger partial charge in [0.1, 0.15) is 0 Å². The summed E-state index contributed by atoms with van der Waals surface area (Å²) in [5.74, 6) is 0. The van der Waals surface area contributed by atoms with Crippen molar-refractivity contribution in [2.24, 2.45) is 0 Å². The van der Waals surface area contributed by atoms with Crippen LogP contribution in [0.1, 0.15) is 11.4 Å². The SMILES string of the molecule is COCCNCC(O)CN(C)Cc1cccc(C)n1. The van der Waals surface area contributed by atoms with Crippen molar-refractivity contribution in [1.29, 1.82) is 0 Å².